The van der Waals surface area contributed by atoms with Crippen LogP contribution in [0.15, 0.2) is 30.6 Å². The van der Waals surface area contributed by atoms with Crippen LogP contribution in [0.25, 0.3) is 0 Å². The highest BCUT2D eigenvalue weighted by molar-refractivity contribution is 5.87. The minimum absolute atomic E-state index is 0.0892. The summed E-state index contributed by atoms with van der Waals surface area (Å²) in [4.78, 5) is 29.3. The van der Waals surface area contributed by atoms with Crippen molar-refractivity contribution in [3.63, 3.8) is 0 Å². The number of nitrogens with zero attached hydrogens (tertiary/aromatic N) is 4. The van der Waals surface area contributed by atoms with E-state index in [4.69, 9.17) is 0 Å². The number of hydrogen-bond acceptors (Lipinski definition) is 4. The highest BCUT2D eigenvalue weighted by atomic mass is 16.2. The molecule has 3 amide bonds. The van der Waals surface area contributed by atoms with E-state index in [9.17, 15) is 9.59 Å². The van der Waals surface area contributed by atoms with Gasteiger partial charge in [-0.2, -0.15) is 0 Å². The molecule has 0 unspecified atom stereocenters. The molecule has 2 N–H and O–H groups in total. The van der Waals surface area contributed by atoms with Crippen molar-refractivity contribution in [1.82, 2.24) is 25.0 Å². The van der Waals surface area contributed by atoms with E-state index in [0.29, 0.717) is 12.5 Å². The van der Waals surface area contributed by atoms with Gasteiger partial charge in [-0.3, -0.25) is 10.1 Å². The minimum atomic E-state index is -0.326. The molecule has 0 atom stereocenters. The van der Waals surface area contributed by atoms with Gasteiger partial charge in [0.05, 0.1) is 0 Å². The van der Waals surface area contributed by atoms with E-state index in [0.717, 1.165) is 25.7 Å². The molecule has 0 saturated heterocycles. The summed E-state index contributed by atoms with van der Waals surface area (Å²) in [6.45, 7) is 0.714. The Balaban J connectivity index is 1.44. The Bertz CT molecular complexity index is 774. The van der Waals surface area contributed by atoms with Gasteiger partial charge in [0.25, 0.3) is 0 Å². The van der Waals surface area contributed by atoms with Crippen LogP contribution in [0.4, 0.5) is 10.7 Å². The van der Waals surface area contributed by atoms with Crippen LogP contribution in [0.2, 0.25) is 0 Å². The van der Waals surface area contributed by atoms with Crippen LogP contribution in [0, 0.1) is 5.92 Å². The van der Waals surface area contributed by atoms with Gasteiger partial charge in [-0.1, -0.05) is 24.3 Å². The van der Waals surface area contributed by atoms with E-state index < -0.39 is 0 Å². The lowest BCUT2D eigenvalue weighted by Crippen LogP contribution is -2.33. The van der Waals surface area contributed by atoms with Crippen molar-refractivity contribution in [1.29, 1.82) is 0 Å². The number of urea groups is 1. The topological polar surface area (TPSA) is 92.2 Å². The Morgan fingerprint density at radius 3 is 2.48 bits per heavy atom. The first kappa shape index (κ1) is 18.9. The zero-order valence-corrected chi connectivity index (χ0v) is 15.8. The highest BCUT2D eigenvalue weighted by Crippen LogP contribution is 2.23. The van der Waals surface area contributed by atoms with Crippen LogP contribution < -0.4 is 10.6 Å². The summed E-state index contributed by atoms with van der Waals surface area (Å²) in [5, 5.41) is 9.62. The van der Waals surface area contributed by atoms with Crippen LogP contribution in [0.5, 0.6) is 0 Å². The first-order chi connectivity index (χ1) is 13.0. The Morgan fingerprint density at radius 1 is 1.19 bits per heavy atom. The maximum absolute atomic E-state index is 12.1. The minimum Gasteiger partial charge on any atom is -0.347 e. The maximum atomic E-state index is 12.1. The normalized spacial score (nSPS) is 14.1. The number of rotatable bonds is 5. The number of nitrogens with one attached hydrogen (secondary N) is 2. The monoisotopic (exact) mass is 370 g/mol. The molecule has 0 bridgehead atoms. The number of fused-ring (bicyclic) bond motifs is 1. The quantitative estimate of drug-likeness (QED) is 0.784. The first-order valence-corrected chi connectivity index (χ1v) is 9.22. The van der Waals surface area contributed by atoms with Crippen molar-refractivity contribution < 1.29 is 9.59 Å². The van der Waals surface area contributed by atoms with Crippen LogP contribution in [-0.4, -0.2) is 52.2 Å². The lowest BCUT2D eigenvalue weighted by Gasteiger charge is -2.14. The third kappa shape index (κ3) is 5.29. The number of carbonyl (C=O) groups is 2. The van der Waals surface area contributed by atoms with E-state index in [-0.39, 0.29) is 24.4 Å². The summed E-state index contributed by atoms with van der Waals surface area (Å²) in [5.74, 6) is 0.545. The van der Waals surface area contributed by atoms with Gasteiger partial charge >= 0.3 is 6.03 Å². The molecule has 0 fully saturated rings. The molecule has 1 aliphatic rings. The average molecular weight is 370 g/mol. The number of aromatic nitrogens is 3. The Morgan fingerprint density at radius 2 is 1.85 bits per heavy atom. The third-order valence-electron chi connectivity index (χ3n) is 4.87. The molecular weight excluding hydrogens is 344 g/mol. The van der Waals surface area contributed by atoms with E-state index in [1.165, 1.54) is 27.0 Å². The SMILES string of the molecule is CN(C)C(=O)Cn1cnc(NC(=O)NCC2CCc3ccccc3CC2)n1. The van der Waals surface area contributed by atoms with E-state index in [1.54, 1.807) is 14.1 Å². The molecule has 8 nitrogen and oxygen atoms in total. The molecule has 8 heteroatoms. The average Bonchev–Trinajstić information content (AvgIpc) is 2.97. The van der Waals surface area contributed by atoms with Crippen molar-refractivity contribution in [3.8, 4) is 0 Å². The number of benzene rings is 1. The number of aryl methyl sites for hydroxylation is 2. The number of anilines is 1. The van der Waals surface area contributed by atoms with Crippen LogP contribution >= 0.6 is 0 Å². The zero-order chi connectivity index (χ0) is 19.2. The molecule has 27 heavy (non-hydrogen) atoms. The molecule has 1 aromatic carbocycles. The smallest absolute Gasteiger partial charge is 0.321 e. The molecule has 0 radical (unpaired) electrons. The van der Waals surface area contributed by atoms with E-state index >= 15 is 0 Å². The Labute approximate surface area is 159 Å². The van der Waals surface area contributed by atoms with Gasteiger partial charge in [0.15, 0.2) is 0 Å². The van der Waals surface area contributed by atoms with Gasteiger partial charge in [-0.25, -0.2) is 14.5 Å². The fourth-order valence-electron chi connectivity index (χ4n) is 3.20. The predicted molar refractivity (Wildman–Crippen MR) is 102 cm³/mol. The largest absolute Gasteiger partial charge is 0.347 e. The van der Waals surface area contributed by atoms with Gasteiger partial charge in [0.1, 0.15) is 12.9 Å². The molecule has 1 heterocycles. The predicted octanol–water partition coefficient (Wildman–Crippen LogP) is 1.68. The molecule has 2 aromatic rings. The Hall–Kier alpha value is -2.90. The number of likely N-dealkylation sites (N-methyl/N-ethyl adjacent to an activating group) is 1. The zero-order valence-electron chi connectivity index (χ0n) is 15.8. The maximum Gasteiger partial charge on any atom is 0.321 e. The van der Waals surface area contributed by atoms with Gasteiger partial charge in [0.2, 0.25) is 11.9 Å². The van der Waals surface area contributed by atoms with Gasteiger partial charge in [0, 0.05) is 20.6 Å². The summed E-state index contributed by atoms with van der Waals surface area (Å²) < 4.78 is 1.40. The fourth-order valence-corrected chi connectivity index (χ4v) is 3.20. The highest BCUT2D eigenvalue weighted by Gasteiger charge is 2.17. The van der Waals surface area contributed by atoms with Crippen molar-refractivity contribution in [2.75, 3.05) is 26.0 Å². The lowest BCUT2D eigenvalue weighted by molar-refractivity contribution is -0.129. The molecule has 1 aromatic heterocycles. The standard InChI is InChI=1S/C19H26N6O2/c1-24(2)17(26)12-25-13-21-18(23-25)22-19(27)20-11-14-7-9-15-5-3-4-6-16(15)10-8-14/h3-6,13-14H,7-12H2,1-2H3,(H2,20,22,23,27). The van der Waals surface area contributed by atoms with E-state index in [2.05, 4.69) is 45.0 Å². The number of carbonyl (C=O) groups excluding carboxylic acids is 2. The summed E-state index contributed by atoms with van der Waals surface area (Å²) in [6, 6.07) is 8.24. The van der Waals surface area contributed by atoms with Crippen LogP contribution in [0.1, 0.15) is 24.0 Å². The molecule has 144 valence electrons. The Kier molecular flexibility index (Phi) is 6.05. The van der Waals surface area contributed by atoms with Gasteiger partial charge in [-0.15, -0.1) is 5.10 Å². The second-order valence-electron chi connectivity index (χ2n) is 7.10. The van der Waals surface area contributed by atoms with Gasteiger partial charge < -0.3 is 10.2 Å². The molecule has 1 aliphatic carbocycles. The van der Waals surface area contributed by atoms with Crippen molar-refractivity contribution in [3.05, 3.63) is 41.7 Å². The molecule has 0 saturated carbocycles. The van der Waals surface area contributed by atoms with Crippen LogP contribution in [0.3, 0.4) is 0 Å². The lowest BCUT2D eigenvalue weighted by atomic mass is 10.00. The third-order valence-corrected chi connectivity index (χ3v) is 4.87. The number of hydrogen-bond donors (Lipinski definition) is 2. The van der Waals surface area contributed by atoms with Crippen molar-refractivity contribution >= 4 is 17.9 Å². The molecule has 0 aliphatic heterocycles. The van der Waals surface area contributed by atoms with Crippen molar-refractivity contribution in [2.45, 2.75) is 32.2 Å². The summed E-state index contributed by atoms with van der Waals surface area (Å²) >= 11 is 0. The van der Waals surface area contributed by atoms with Gasteiger partial charge in [-0.05, 0) is 42.7 Å². The summed E-state index contributed by atoms with van der Waals surface area (Å²) in [6.07, 6.45) is 5.67. The molecule has 0 spiro atoms. The summed E-state index contributed by atoms with van der Waals surface area (Å²) in [5.41, 5.74) is 2.85. The number of amides is 3. The second kappa shape index (κ2) is 8.66. The van der Waals surface area contributed by atoms with E-state index in [1.807, 2.05) is 0 Å². The van der Waals surface area contributed by atoms with Crippen LogP contribution in [-0.2, 0) is 24.2 Å². The summed E-state index contributed by atoms with van der Waals surface area (Å²) in [7, 11) is 3.36. The second-order valence-corrected chi connectivity index (χ2v) is 7.10. The fraction of sp³-hybridized carbons (Fsp3) is 0.474. The van der Waals surface area contributed by atoms with Crippen molar-refractivity contribution in [2.24, 2.45) is 5.92 Å². The first-order valence-electron chi connectivity index (χ1n) is 9.22. The molecule has 3 rings (SSSR count). The molecular formula is C19H26N6O2.